The molecule has 0 radical (unpaired) electrons. The quantitative estimate of drug-likeness (QED) is 0.707. The molecule has 1 aliphatic rings. The molecule has 1 fully saturated rings. The summed E-state index contributed by atoms with van der Waals surface area (Å²) in [7, 11) is 0. The fraction of sp³-hybridized carbons (Fsp3) is 0.292. The first-order valence-corrected chi connectivity index (χ1v) is 10.2. The van der Waals surface area contributed by atoms with Gasteiger partial charge in [-0.25, -0.2) is 9.97 Å². The van der Waals surface area contributed by atoms with Gasteiger partial charge in [-0.05, 0) is 49.4 Å². The normalized spacial score (nSPS) is 13.9. The first-order chi connectivity index (χ1) is 14.2. The molecule has 148 valence electrons. The van der Waals surface area contributed by atoms with Crippen molar-refractivity contribution in [2.45, 2.75) is 32.7 Å². The molecule has 1 amide bonds. The number of amides is 1. The molecule has 5 nitrogen and oxygen atoms in total. The number of nitrogens with one attached hydrogen (secondary N) is 1. The van der Waals surface area contributed by atoms with Crippen LogP contribution >= 0.6 is 0 Å². The number of piperidine rings is 1. The van der Waals surface area contributed by atoms with Gasteiger partial charge in [-0.15, -0.1) is 0 Å². The molecular weight excluding hydrogens is 360 g/mol. The van der Waals surface area contributed by atoms with Crippen LogP contribution in [0.25, 0.3) is 11.1 Å². The van der Waals surface area contributed by atoms with E-state index in [9.17, 15) is 4.79 Å². The third-order valence-corrected chi connectivity index (χ3v) is 5.29. The Morgan fingerprint density at radius 2 is 1.69 bits per heavy atom. The molecule has 29 heavy (non-hydrogen) atoms. The lowest BCUT2D eigenvalue weighted by Gasteiger charge is -2.26. The molecule has 0 bridgehead atoms. The van der Waals surface area contributed by atoms with Crippen molar-refractivity contribution < 1.29 is 4.79 Å². The molecule has 0 unspecified atom stereocenters. The summed E-state index contributed by atoms with van der Waals surface area (Å²) in [6, 6.07) is 15.7. The highest BCUT2D eigenvalue weighted by molar-refractivity contribution is 5.94. The van der Waals surface area contributed by atoms with Gasteiger partial charge < -0.3 is 10.2 Å². The molecule has 1 aliphatic heterocycles. The van der Waals surface area contributed by atoms with Gasteiger partial charge in [0.15, 0.2) is 0 Å². The number of carbonyl (C=O) groups is 1. The molecule has 2 aromatic carbocycles. The van der Waals surface area contributed by atoms with E-state index in [1.54, 1.807) is 0 Å². The Morgan fingerprint density at radius 1 is 0.966 bits per heavy atom. The average molecular weight is 386 g/mol. The van der Waals surface area contributed by atoms with Gasteiger partial charge in [0.25, 0.3) is 5.91 Å². The maximum atomic E-state index is 12.4. The van der Waals surface area contributed by atoms with Crippen molar-refractivity contribution in [1.82, 2.24) is 15.3 Å². The van der Waals surface area contributed by atoms with Gasteiger partial charge in [0.05, 0.1) is 0 Å². The zero-order valence-corrected chi connectivity index (χ0v) is 16.8. The number of aromatic nitrogens is 2. The van der Waals surface area contributed by atoms with Crippen molar-refractivity contribution in [2.24, 2.45) is 0 Å². The maximum Gasteiger partial charge on any atom is 0.251 e. The Hall–Kier alpha value is -3.21. The molecule has 1 N–H and O–H groups in total. The van der Waals surface area contributed by atoms with Gasteiger partial charge in [-0.2, -0.15) is 0 Å². The van der Waals surface area contributed by atoms with Crippen LogP contribution in [0.2, 0.25) is 0 Å². The second-order valence-corrected chi connectivity index (χ2v) is 7.57. The van der Waals surface area contributed by atoms with E-state index < -0.39 is 0 Å². The number of nitrogens with zero attached hydrogens (tertiary/aromatic N) is 3. The summed E-state index contributed by atoms with van der Waals surface area (Å²) in [5, 5.41) is 2.98. The third-order valence-electron chi connectivity index (χ3n) is 5.29. The summed E-state index contributed by atoms with van der Waals surface area (Å²) in [5.74, 6) is 0.732. The third kappa shape index (κ3) is 4.80. The van der Waals surface area contributed by atoms with E-state index in [4.69, 9.17) is 0 Å². The van der Waals surface area contributed by atoms with Crippen molar-refractivity contribution >= 4 is 11.9 Å². The molecule has 0 aliphatic carbocycles. The number of rotatable bonds is 5. The first-order valence-electron chi connectivity index (χ1n) is 10.2. The van der Waals surface area contributed by atoms with E-state index in [2.05, 4.69) is 26.3 Å². The lowest BCUT2D eigenvalue weighted by molar-refractivity contribution is 0.0951. The van der Waals surface area contributed by atoms with Gasteiger partial charge in [0.2, 0.25) is 5.95 Å². The van der Waals surface area contributed by atoms with Crippen LogP contribution in [0.5, 0.6) is 0 Å². The molecule has 5 heteroatoms. The summed E-state index contributed by atoms with van der Waals surface area (Å²) < 4.78 is 0. The maximum absolute atomic E-state index is 12.4. The van der Waals surface area contributed by atoms with Crippen molar-refractivity contribution in [3.63, 3.8) is 0 Å². The highest BCUT2D eigenvalue weighted by Crippen LogP contribution is 2.21. The van der Waals surface area contributed by atoms with Crippen LogP contribution in [0.1, 0.15) is 40.7 Å². The standard InChI is InChI=1S/C24H26N4O/c1-18-6-5-7-19(14-18)15-25-23(29)21-10-8-20(9-11-21)22-16-26-24(27-17-22)28-12-3-2-4-13-28/h5-11,14,16-17H,2-4,12-13,15H2,1H3,(H,25,29). The Bertz CT molecular complexity index is 961. The Morgan fingerprint density at radius 3 is 2.38 bits per heavy atom. The van der Waals surface area contributed by atoms with Crippen molar-refractivity contribution in [1.29, 1.82) is 0 Å². The smallest absolute Gasteiger partial charge is 0.251 e. The molecule has 4 rings (SSSR count). The Balaban J connectivity index is 1.38. The molecule has 1 aromatic heterocycles. The summed E-state index contributed by atoms with van der Waals surface area (Å²) in [5.41, 5.74) is 4.89. The van der Waals surface area contributed by atoms with Crippen LogP contribution < -0.4 is 10.2 Å². The predicted octanol–water partition coefficient (Wildman–Crippen LogP) is 4.37. The zero-order valence-electron chi connectivity index (χ0n) is 16.8. The van der Waals surface area contributed by atoms with Gasteiger partial charge in [-0.1, -0.05) is 42.0 Å². The van der Waals surface area contributed by atoms with E-state index in [-0.39, 0.29) is 5.91 Å². The molecule has 0 atom stereocenters. The van der Waals surface area contributed by atoms with Crippen LogP contribution in [0.15, 0.2) is 60.9 Å². The highest BCUT2D eigenvalue weighted by atomic mass is 16.1. The highest BCUT2D eigenvalue weighted by Gasteiger charge is 2.13. The van der Waals surface area contributed by atoms with Gasteiger partial charge in [-0.3, -0.25) is 4.79 Å². The van der Waals surface area contributed by atoms with Crippen molar-refractivity contribution in [3.05, 3.63) is 77.6 Å². The predicted molar refractivity (Wildman–Crippen MR) is 116 cm³/mol. The van der Waals surface area contributed by atoms with E-state index in [1.165, 1.54) is 24.8 Å². The van der Waals surface area contributed by atoms with Crippen LogP contribution in [0, 0.1) is 6.92 Å². The van der Waals surface area contributed by atoms with Crippen molar-refractivity contribution in [2.75, 3.05) is 18.0 Å². The average Bonchev–Trinajstić information content (AvgIpc) is 2.78. The zero-order chi connectivity index (χ0) is 20.1. The fourth-order valence-electron chi connectivity index (χ4n) is 3.65. The number of carbonyl (C=O) groups excluding carboxylic acids is 1. The molecule has 2 heterocycles. The van der Waals surface area contributed by atoms with E-state index >= 15 is 0 Å². The minimum atomic E-state index is -0.0743. The van der Waals surface area contributed by atoms with Crippen LogP contribution in [0.4, 0.5) is 5.95 Å². The molecule has 0 spiro atoms. The Labute approximate surface area is 171 Å². The number of benzene rings is 2. The summed E-state index contributed by atoms with van der Waals surface area (Å²) in [6.45, 7) is 4.64. The summed E-state index contributed by atoms with van der Waals surface area (Å²) in [6.07, 6.45) is 7.43. The number of hydrogen-bond donors (Lipinski definition) is 1. The van der Waals surface area contributed by atoms with Gasteiger partial charge >= 0.3 is 0 Å². The SMILES string of the molecule is Cc1cccc(CNC(=O)c2ccc(-c3cnc(N4CCCCC4)nc3)cc2)c1. The second-order valence-electron chi connectivity index (χ2n) is 7.57. The van der Waals surface area contributed by atoms with Gasteiger partial charge in [0, 0.05) is 43.2 Å². The number of aryl methyl sites for hydroxylation is 1. The lowest BCUT2D eigenvalue weighted by Crippen LogP contribution is -2.30. The summed E-state index contributed by atoms with van der Waals surface area (Å²) >= 11 is 0. The van der Waals surface area contributed by atoms with E-state index in [0.717, 1.165) is 35.7 Å². The van der Waals surface area contributed by atoms with Crippen LogP contribution in [0.3, 0.4) is 0 Å². The molecule has 0 saturated carbocycles. The van der Waals surface area contributed by atoms with E-state index in [1.807, 2.05) is 61.8 Å². The topological polar surface area (TPSA) is 58.1 Å². The Kier molecular flexibility index (Phi) is 5.84. The first kappa shape index (κ1) is 19.1. The molecule has 1 saturated heterocycles. The van der Waals surface area contributed by atoms with Gasteiger partial charge in [0.1, 0.15) is 0 Å². The minimum Gasteiger partial charge on any atom is -0.348 e. The van der Waals surface area contributed by atoms with Crippen LogP contribution in [-0.4, -0.2) is 29.0 Å². The van der Waals surface area contributed by atoms with Crippen molar-refractivity contribution in [3.8, 4) is 11.1 Å². The van der Waals surface area contributed by atoms with Crippen LogP contribution in [-0.2, 0) is 6.54 Å². The number of anilines is 1. The van der Waals surface area contributed by atoms with E-state index in [0.29, 0.717) is 12.1 Å². The summed E-state index contributed by atoms with van der Waals surface area (Å²) in [4.78, 5) is 23.8. The lowest BCUT2D eigenvalue weighted by atomic mass is 10.1. The largest absolute Gasteiger partial charge is 0.348 e. The number of hydrogen-bond acceptors (Lipinski definition) is 4. The fourth-order valence-corrected chi connectivity index (χ4v) is 3.65. The minimum absolute atomic E-state index is 0.0743. The molecular formula is C24H26N4O. The second kappa shape index (κ2) is 8.86. The molecule has 3 aromatic rings. The monoisotopic (exact) mass is 386 g/mol.